The van der Waals surface area contributed by atoms with Gasteiger partial charge in [-0.05, 0) is 53.6 Å². The summed E-state index contributed by atoms with van der Waals surface area (Å²) in [5.41, 5.74) is 3.78. The van der Waals surface area contributed by atoms with Crippen molar-refractivity contribution in [3.63, 3.8) is 0 Å². The molecule has 0 aliphatic carbocycles. The summed E-state index contributed by atoms with van der Waals surface area (Å²) in [4.78, 5) is 21.8. The van der Waals surface area contributed by atoms with Gasteiger partial charge in [0.15, 0.2) is 5.82 Å². The van der Waals surface area contributed by atoms with Gasteiger partial charge in [0.2, 0.25) is 5.91 Å². The van der Waals surface area contributed by atoms with Gasteiger partial charge >= 0.3 is 0 Å². The van der Waals surface area contributed by atoms with E-state index in [2.05, 4.69) is 10.3 Å². The number of benzene rings is 3. The Morgan fingerprint density at radius 3 is 2.39 bits per heavy atom. The second kappa shape index (κ2) is 10.3. The highest BCUT2D eigenvalue weighted by molar-refractivity contribution is 5.93. The monoisotopic (exact) mass is 439 g/mol. The molecular formula is C27H22FN3O2. The number of aromatic nitrogens is 2. The zero-order valence-electron chi connectivity index (χ0n) is 18.0. The van der Waals surface area contributed by atoms with Crippen molar-refractivity contribution in [1.29, 1.82) is 0 Å². The molecule has 1 aromatic heterocycles. The molecule has 0 saturated heterocycles. The summed E-state index contributed by atoms with van der Waals surface area (Å²) in [7, 11) is 1.62. The van der Waals surface area contributed by atoms with Crippen molar-refractivity contribution in [1.82, 2.24) is 9.97 Å². The highest BCUT2D eigenvalue weighted by Crippen LogP contribution is 2.23. The fraction of sp³-hybridized carbons (Fsp3) is 0.0741. The second-order valence-corrected chi connectivity index (χ2v) is 7.31. The third-order valence-electron chi connectivity index (χ3n) is 4.95. The molecule has 0 spiro atoms. The minimum absolute atomic E-state index is 0.101. The number of methoxy groups -OCH3 is 1. The molecule has 3 aromatic carbocycles. The highest BCUT2D eigenvalue weighted by atomic mass is 19.1. The van der Waals surface area contributed by atoms with E-state index in [-0.39, 0.29) is 18.1 Å². The predicted octanol–water partition coefficient (Wildman–Crippen LogP) is 5.64. The maximum Gasteiger partial charge on any atom is 0.230 e. The molecule has 1 amide bonds. The lowest BCUT2D eigenvalue weighted by Crippen LogP contribution is -2.16. The van der Waals surface area contributed by atoms with Gasteiger partial charge in [0, 0.05) is 5.56 Å². The van der Waals surface area contributed by atoms with Crippen LogP contribution in [0.25, 0.3) is 23.4 Å². The minimum atomic E-state index is -0.340. The summed E-state index contributed by atoms with van der Waals surface area (Å²) in [6.07, 6.45) is 5.46. The summed E-state index contributed by atoms with van der Waals surface area (Å²) in [6.45, 7) is 0. The van der Waals surface area contributed by atoms with Crippen LogP contribution in [0.15, 0.2) is 85.1 Å². The lowest BCUT2D eigenvalue weighted by atomic mass is 10.1. The average molecular weight is 439 g/mol. The maximum absolute atomic E-state index is 13.1. The first-order chi connectivity index (χ1) is 16.1. The Hall–Kier alpha value is -4.32. The number of hydrogen-bond acceptors (Lipinski definition) is 4. The number of ether oxygens (including phenoxy) is 1. The molecule has 0 atom stereocenters. The van der Waals surface area contributed by atoms with Crippen LogP contribution in [0.2, 0.25) is 0 Å². The molecule has 0 bridgehead atoms. The van der Waals surface area contributed by atoms with Gasteiger partial charge in [0.05, 0.1) is 25.4 Å². The van der Waals surface area contributed by atoms with Gasteiger partial charge in [-0.1, -0.05) is 48.5 Å². The molecule has 0 unspecified atom stereocenters. The van der Waals surface area contributed by atoms with Crippen LogP contribution in [0, 0.1) is 5.82 Å². The largest absolute Gasteiger partial charge is 0.497 e. The second-order valence-electron chi connectivity index (χ2n) is 7.31. The van der Waals surface area contributed by atoms with Crippen LogP contribution in [0.3, 0.4) is 0 Å². The van der Waals surface area contributed by atoms with E-state index in [1.165, 1.54) is 12.1 Å². The van der Waals surface area contributed by atoms with E-state index in [0.717, 1.165) is 16.9 Å². The lowest BCUT2D eigenvalue weighted by Gasteiger charge is -2.10. The van der Waals surface area contributed by atoms with Crippen molar-refractivity contribution in [2.24, 2.45) is 0 Å². The Morgan fingerprint density at radius 1 is 0.970 bits per heavy atom. The molecular weight excluding hydrogens is 417 g/mol. The van der Waals surface area contributed by atoms with Gasteiger partial charge in [0.1, 0.15) is 17.3 Å². The van der Waals surface area contributed by atoms with Crippen LogP contribution in [0.5, 0.6) is 5.75 Å². The highest BCUT2D eigenvalue weighted by Gasteiger charge is 2.12. The molecule has 4 aromatic rings. The Morgan fingerprint density at radius 2 is 1.70 bits per heavy atom. The Kier molecular flexibility index (Phi) is 6.85. The Balaban J connectivity index is 1.61. The first-order valence-corrected chi connectivity index (χ1v) is 10.4. The Bertz CT molecular complexity index is 1260. The van der Waals surface area contributed by atoms with Crippen molar-refractivity contribution >= 4 is 23.9 Å². The van der Waals surface area contributed by atoms with Gasteiger partial charge in [-0.2, -0.15) is 0 Å². The van der Waals surface area contributed by atoms with Crippen LogP contribution in [-0.4, -0.2) is 23.0 Å². The summed E-state index contributed by atoms with van der Waals surface area (Å²) >= 11 is 0. The smallest absolute Gasteiger partial charge is 0.230 e. The lowest BCUT2D eigenvalue weighted by molar-refractivity contribution is -0.115. The minimum Gasteiger partial charge on any atom is -0.497 e. The molecule has 164 valence electrons. The molecule has 4 rings (SSSR count). The number of halogens is 1. The molecule has 1 heterocycles. The van der Waals surface area contributed by atoms with E-state index in [0.29, 0.717) is 22.8 Å². The molecule has 1 N–H and O–H groups in total. The molecule has 0 fully saturated rings. The maximum atomic E-state index is 13.1. The van der Waals surface area contributed by atoms with Gasteiger partial charge < -0.3 is 10.1 Å². The number of amides is 1. The molecule has 0 aliphatic heterocycles. The molecule has 6 heteroatoms. The van der Waals surface area contributed by atoms with Crippen molar-refractivity contribution in [2.45, 2.75) is 6.42 Å². The normalized spacial score (nSPS) is 10.8. The molecule has 0 aliphatic rings. The van der Waals surface area contributed by atoms with E-state index in [9.17, 15) is 9.18 Å². The van der Waals surface area contributed by atoms with Crippen LogP contribution in [-0.2, 0) is 11.2 Å². The average Bonchev–Trinajstić information content (AvgIpc) is 2.85. The third kappa shape index (κ3) is 5.89. The van der Waals surface area contributed by atoms with Gasteiger partial charge in [-0.25, -0.2) is 14.4 Å². The number of nitrogens with zero attached hydrogens (tertiary/aromatic N) is 2. The number of rotatable bonds is 7. The van der Waals surface area contributed by atoms with Crippen LogP contribution >= 0.6 is 0 Å². The van der Waals surface area contributed by atoms with Crippen LogP contribution in [0.4, 0.5) is 10.2 Å². The summed E-state index contributed by atoms with van der Waals surface area (Å²) < 4.78 is 18.4. The number of carbonyl (C=O) groups is 1. The summed E-state index contributed by atoms with van der Waals surface area (Å²) in [5, 5.41) is 2.83. The fourth-order valence-electron chi connectivity index (χ4n) is 3.22. The SMILES string of the molecule is COc1ccc(-c2cnc(NC(=O)Cc3ccc(F)cc3)c(/C=C/c3ccccc3)n2)cc1. The number of hydrogen-bond donors (Lipinski definition) is 1. The van der Waals surface area contributed by atoms with Gasteiger partial charge in [-0.15, -0.1) is 0 Å². The number of anilines is 1. The summed E-state index contributed by atoms with van der Waals surface area (Å²) in [6, 6.07) is 23.2. The quantitative estimate of drug-likeness (QED) is 0.405. The van der Waals surface area contributed by atoms with Crippen LogP contribution in [0.1, 0.15) is 16.8 Å². The van der Waals surface area contributed by atoms with Crippen molar-refractivity contribution in [3.8, 4) is 17.0 Å². The Labute approximate surface area is 191 Å². The molecule has 0 radical (unpaired) electrons. The first-order valence-electron chi connectivity index (χ1n) is 10.4. The van der Waals surface area contributed by atoms with Crippen molar-refractivity contribution < 1.29 is 13.9 Å². The molecule has 5 nitrogen and oxygen atoms in total. The standard InChI is InChI=1S/C27H22FN3O2/c1-33-23-14-10-21(11-15-23)25-18-29-27(24(30-25)16-9-19-5-3-2-4-6-19)31-26(32)17-20-7-12-22(28)13-8-20/h2-16,18H,17H2,1H3,(H,29,31,32)/b16-9+. The van der Waals surface area contributed by atoms with Crippen molar-refractivity contribution in [2.75, 3.05) is 12.4 Å². The van der Waals surface area contributed by atoms with Crippen molar-refractivity contribution in [3.05, 3.63) is 108 Å². The van der Waals surface area contributed by atoms with Gasteiger partial charge in [0.25, 0.3) is 0 Å². The van der Waals surface area contributed by atoms with E-state index in [1.54, 1.807) is 25.4 Å². The van der Waals surface area contributed by atoms with Gasteiger partial charge in [-0.3, -0.25) is 4.79 Å². The topological polar surface area (TPSA) is 64.1 Å². The van der Waals surface area contributed by atoms with E-state index < -0.39 is 0 Å². The fourth-order valence-corrected chi connectivity index (χ4v) is 3.22. The first kappa shape index (κ1) is 21.9. The van der Waals surface area contributed by atoms with E-state index >= 15 is 0 Å². The number of carbonyl (C=O) groups excluding carboxylic acids is 1. The zero-order valence-corrected chi connectivity index (χ0v) is 18.0. The number of nitrogens with one attached hydrogen (secondary N) is 1. The van der Waals surface area contributed by atoms with E-state index in [4.69, 9.17) is 9.72 Å². The third-order valence-corrected chi connectivity index (χ3v) is 4.95. The summed E-state index contributed by atoms with van der Waals surface area (Å²) in [5.74, 6) is 0.502. The zero-order chi connectivity index (χ0) is 23.0. The van der Waals surface area contributed by atoms with E-state index in [1.807, 2.05) is 66.7 Å². The molecule has 0 saturated carbocycles. The van der Waals surface area contributed by atoms with Crippen LogP contribution < -0.4 is 10.1 Å². The molecule has 33 heavy (non-hydrogen) atoms. The predicted molar refractivity (Wildman–Crippen MR) is 128 cm³/mol.